The third kappa shape index (κ3) is 15.0. The molecular formula is C60H66BrClF8N18O2S. The summed E-state index contributed by atoms with van der Waals surface area (Å²) in [6.07, 6.45) is 13.1. The van der Waals surface area contributed by atoms with E-state index < -0.39 is 23.7 Å². The fraction of sp³-hybridized carbons (Fsp3) is 0.417. The fourth-order valence-corrected chi connectivity index (χ4v) is 11.9. The maximum Gasteiger partial charge on any atom is 0.282 e. The SMILES string of the molecule is C=CCn1c(=O)c2cnc(Nc3ccc(N4CCC5(CCN(C)CC5)CC4)cc3)nc2n1-c1cccc(N2CC(F)(F)C2)n1.C=CCn1c(=O)c2cnc(SC)nc2n1-c1cccc(N2CC(F)(F)C2)n1.Cl.FC1(F)CN(c2cccc(Br)n2)C1.FC1(F)CNC1. The molecular weight excluding hydrogens is 1300 g/mol. The number of thioether (sulfide) groups is 1. The van der Waals surface area contributed by atoms with Crippen molar-refractivity contribution in [3.8, 4) is 11.6 Å². The standard InChI is InChI=1S/C32H37F2N9O.C17H16F2N6OS.C8H7BrF2N2.C3H5F2N.ClH/c1-3-15-42-29(44)25-20-35-30(38-28(25)43(42)27-6-4-5-26(37-27)41-21-32(33,34)22-41)36-23-7-9-24(10-8-23)40-18-13-31(14-19-40)11-16-39(2)17-12-31;1-3-7-24-15(26)11-8-20-16(27-2)22-14(11)25(24)13-6-4-5-12(21-13)23-9-17(18,19)10-23;9-6-2-1-3-7(12-6)13-4-8(10,11)5-13;4-3(5)1-6-2-3;/h3-10,20H,1,11-19,21-22H2,2H3,(H,35,36,38);3-6,8H,1,7,9-10H2,2H3;1-3H,4-5H2;6H,1-2H2;1H. The Labute approximate surface area is 536 Å². The third-order valence-corrected chi connectivity index (χ3v) is 17.3. The summed E-state index contributed by atoms with van der Waals surface area (Å²) in [6, 6.07) is 23.8. The molecule has 2 N–H and O–H groups in total. The van der Waals surface area contributed by atoms with Crippen molar-refractivity contribution in [3.05, 3.63) is 142 Å². The van der Waals surface area contributed by atoms with Crippen LogP contribution in [-0.2, 0) is 13.1 Å². The molecule has 0 saturated carbocycles. The molecule has 1 aromatic carbocycles. The number of likely N-dealkylation sites (tertiary alicyclic amines) is 1. The van der Waals surface area contributed by atoms with Gasteiger partial charge < -0.3 is 35.1 Å². The molecule has 20 nitrogen and oxygen atoms in total. The van der Waals surface area contributed by atoms with E-state index in [2.05, 4.69) is 98.6 Å². The van der Waals surface area contributed by atoms with Crippen molar-refractivity contribution in [1.29, 1.82) is 0 Å². The highest BCUT2D eigenvalue weighted by atomic mass is 79.9. The maximum atomic E-state index is 13.5. The summed E-state index contributed by atoms with van der Waals surface area (Å²) in [6.45, 7) is 10.3. The Kier molecular flexibility index (Phi) is 19.6. The van der Waals surface area contributed by atoms with Gasteiger partial charge in [0.15, 0.2) is 28.1 Å². The lowest BCUT2D eigenvalue weighted by molar-refractivity contribution is -0.0476. The Morgan fingerprint density at radius 3 is 1.43 bits per heavy atom. The monoisotopic (exact) mass is 1370 g/mol. The molecule has 0 atom stereocenters. The van der Waals surface area contributed by atoms with Crippen molar-refractivity contribution in [2.24, 2.45) is 5.41 Å². The Morgan fingerprint density at radius 2 is 1.00 bits per heavy atom. The van der Waals surface area contributed by atoms with Crippen molar-refractivity contribution >= 4 is 96.9 Å². The first-order valence-electron chi connectivity index (χ1n) is 29.0. The van der Waals surface area contributed by atoms with Gasteiger partial charge in [-0.05, 0) is 134 Å². The fourth-order valence-electron chi connectivity index (χ4n) is 11.3. The van der Waals surface area contributed by atoms with Crippen LogP contribution in [0.4, 0.5) is 69.9 Å². The Balaban J connectivity index is 0.000000162. The van der Waals surface area contributed by atoms with Crippen molar-refractivity contribution < 1.29 is 35.1 Å². The van der Waals surface area contributed by atoms with Crippen molar-refractivity contribution in [1.82, 2.24) is 63.8 Å². The van der Waals surface area contributed by atoms with E-state index in [1.54, 1.807) is 81.0 Å². The molecule has 1 spiro atoms. The molecule has 0 bridgehead atoms. The second-order valence-electron chi connectivity index (χ2n) is 23.1. The van der Waals surface area contributed by atoms with E-state index >= 15 is 0 Å². The van der Waals surface area contributed by atoms with Gasteiger partial charge in [-0.1, -0.05) is 42.1 Å². The molecule has 6 aliphatic heterocycles. The van der Waals surface area contributed by atoms with Crippen LogP contribution in [0.15, 0.2) is 136 Å². The molecule has 7 aromatic heterocycles. The predicted molar refractivity (Wildman–Crippen MR) is 343 cm³/mol. The smallest absolute Gasteiger partial charge is 0.282 e. The Bertz CT molecular complexity index is 4010. The van der Waals surface area contributed by atoms with Crippen LogP contribution in [0.3, 0.4) is 0 Å². The number of benzene rings is 1. The number of aromatic nitrogens is 11. The zero-order chi connectivity index (χ0) is 63.8. The lowest BCUT2D eigenvalue weighted by Gasteiger charge is -2.46. The van der Waals surface area contributed by atoms with E-state index in [4.69, 9.17) is 4.98 Å². The van der Waals surface area contributed by atoms with Crippen LogP contribution in [0, 0.1) is 5.41 Å². The summed E-state index contributed by atoms with van der Waals surface area (Å²) in [4.78, 5) is 66.4. The van der Waals surface area contributed by atoms with Gasteiger partial charge in [-0.25, -0.2) is 83.8 Å². The van der Waals surface area contributed by atoms with Crippen LogP contribution in [0.2, 0.25) is 0 Å². The van der Waals surface area contributed by atoms with Gasteiger partial charge in [0.25, 0.3) is 34.8 Å². The number of halogens is 10. The summed E-state index contributed by atoms with van der Waals surface area (Å²) < 4.78 is 108. The van der Waals surface area contributed by atoms with E-state index in [9.17, 15) is 44.7 Å². The number of pyridine rings is 3. The molecule has 484 valence electrons. The van der Waals surface area contributed by atoms with Gasteiger partial charge in [0, 0.05) is 36.9 Å². The van der Waals surface area contributed by atoms with Gasteiger partial charge in [0.1, 0.15) is 32.8 Å². The molecule has 6 fully saturated rings. The minimum Gasteiger partial charge on any atom is -0.371 e. The van der Waals surface area contributed by atoms with Crippen LogP contribution in [0.25, 0.3) is 33.7 Å². The zero-order valence-electron chi connectivity index (χ0n) is 49.6. The summed E-state index contributed by atoms with van der Waals surface area (Å²) in [7, 11) is 2.22. The highest BCUT2D eigenvalue weighted by molar-refractivity contribution is 9.10. The number of nitrogens with zero attached hydrogens (tertiary/aromatic N) is 16. The number of nitrogens with one attached hydrogen (secondary N) is 2. The van der Waals surface area contributed by atoms with Crippen LogP contribution in [0.1, 0.15) is 25.7 Å². The molecule has 13 heterocycles. The van der Waals surface area contributed by atoms with Gasteiger partial charge >= 0.3 is 0 Å². The molecule has 91 heavy (non-hydrogen) atoms. The van der Waals surface area contributed by atoms with Gasteiger partial charge in [0.05, 0.1) is 65.4 Å². The first kappa shape index (κ1) is 66.3. The Morgan fingerprint density at radius 1 is 0.571 bits per heavy atom. The van der Waals surface area contributed by atoms with E-state index in [1.807, 2.05) is 18.4 Å². The quantitative estimate of drug-likeness (QED) is 0.0365. The minimum atomic E-state index is -2.72. The molecule has 8 aromatic rings. The zero-order valence-corrected chi connectivity index (χ0v) is 52.9. The highest BCUT2D eigenvalue weighted by Crippen LogP contribution is 2.42. The largest absolute Gasteiger partial charge is 0.371 e. The van der Waals surface area contributed by atoms with Gasteiger partial charge in [-0.2, -0.15) is 4.98 Å². The average Bonchev–Trinajstić information content (AvgIpc) is 1.67. The van der Waals surface area contributed by atoms with Gasteiger partial charge in [0.2, 0.25) is 5.95 Å². The summed E-state index contributed by atoms with van der Waals surface area (Å²) >= 11 is 4.54. The van der Waals surface area contributed by atoms with E-state index in [1.165, 1.54) is 87.8 Å². The summed E-state index contributed by atoms with van der Waals surface area (Å²) in [5, 5.41) is 6.92. The van der Waals surface area contributed by atoms with Gasteiger partial charge in [-0.15, -0.1) is 25.6 Å². The van der Waals surface area contributed by atoms with Crippen molar-refractivity contribution in [2.75, 3.05) is 117 Å². The van der Waals surface area contributed by atoms with Crippen LogP contribution in [-0.4, -0.2) is 174 Å². The summed E-state index contributed by atoms with van der Waals surface area (Å²) in [5.74, 6) is -7.76. The second-order valence-corrected chi connectivity index (χ2v) is 24.7. The van der Waals surface area contributed by atoms with Crippen molar-refractivity contribution in [3.63, 3.8) is 0 Å². The number of anilines is 6. The van der Waals surface area contributed by atoms with Crippen LogP contribution >= 0.6 is 40.1 Å². The van der Waals surface area contributed by atoms with E-state index in [-0.39, 0.29) is 89.0 Å². The number of piperidine rings is 2. The molecule has 0 aliphatic carbocycles. The number of hydrogen-bond donors (Lipinski definition) is 2. The predicted octanol–water partition coefficient (Wildman–Crippen LogP) is 9.96. The van der Waals surface area contributed by atoms with Crippen LogP contribution in [0.5, 0.6) is 0 Å². The highest BCUT2D eigenvalue weighted by Gasteiger charge is 2.47. The lowest BCUT2D eigenvalue weighted by atomic mass is 9.71. The molecule has 6 aliphatic rings. The maximum absolute atomic E-state index is 13.5. The molecule has 0 amide bonds. The number of hydrogen-bond acceptors (Lipinski definition) is 17. The third-order valence-electron chi connectivity index (χ3n) is 16.3. The topological polar surface area (TPSA) is 184 Å². The van der Waals surface area contributed by atoms with Crippen LogP contribution < -0.4 is 41.4 Å². The number of alkyl halides is 8. The van der Waals surface area contributed by atoms with Gasteiger partial charge in [-0.3, -0.25) is 9.59 Å². The molecule has 0 unspecified atom stereocenters. The van der Waals surface area contributed by atoms with Crippen molar-refractivity contribution in [2.45, 2.75) is 67.6 Å². The number of rotatable bonds is 13. The van der Waals surface area contributed by atoms with E-state index in [0.717, 1.165) is 18.8 Å². The molecule has 0 radical (unpaired) electrons. The number of fused-ring (bicyclic) bond motifs is 2. The van der Waals surface area contributed by atoms with E-state index in [0.29, 0.717) is 72.3 Å². The first-order chi connectivity index (χ1) is 42.9. The second kappa shape index (κ2) is 26.9. The Hall–Kier alpha value is -7.67. The average molecular weight is 1370 g/mol. The molecule has 14 rings (SSSR count). The normalized spacial score (nSPS) is 18.9. The molecule has 31 heteroatoms. The lowest BCUT2D eigenvalue weighted by Crippen LogP contribution is -2.56. The summed E-state index contributed by atoms with van der Waals surface area (Å²) in [5.41, 5.74) is 2.76. The minimum absolute atomic E-state index is 0. The first-order valence-corrected chi connectivity index (χ1v) is 31.0. The molecule has 6 saturated heterocycles. The number of allylic oxidation sites excluding steroid dienone is 2.